The first-order valence-electron chi connectivity index (χ1n) is 19.5. The van der Waals surface area contributed by atoms with E-state index in [-0.39, 0.29) is 0 Å². The summed E-state index contributed by atoms with van der Waals surface area (Å²) in [5, 5.41) is 8.12. The summed E-state index contributed by atoms with van der Waals surface area (Å²) in [6.45, 7) is 0. The standard InChI is InChI=1S/C54H32N2OS/c1-3-13-33(14-4-1)37-25-26-49-46(29-37)47-31-40(34-15-5-2-6-16-34)30-45(53(47)58-49)38-19-11-17-35(27-38)36-18-12-20-39(28-36)48-32-55-51-50-43-23-9-7-21-41(43)42-22-8-10-24-44(42)52(50)57-54(51)56-48/h1-32H. The van der Waals surface area contributed by atoms with Crippen LogP contribution in [0.15, 0.2) is 199 Å². The summed E-state index contributed by atoms with van der Waals surface area (Å²) in [6, 6.07) is 67.4. The van der Waals surface area contributed by atoms with Crippen molar-refractivity contribution in [1.29, 1.82) is 0 Å². The summed E-state index contributed by atoms with van der Waals surface area (Å²) < 4.78 is 9.15. The third-order valence-electron chi connectivity index (χ3n) is 11.5. The van der Waals surface area contributed by atoms with Gasteiger partial charge in [0.2, 0.25) is 5.71 Å². The number of hydrogen-bond acceptors (Lipinski definition) is 4. The number of benzene rings is 9. The zero-order valence-corrected chi connectivity index (χ0v) is 32.0. The minimum absolute atomic E-state index is 0.544. The quantitative estimate of drug-likeness (QED) is 0.164. The number of aromatic nitrogens is 2. The third kappa shape index (κ3) is 5.27. The van der Waals surface area contributed by atoms with Gasteiger partial charge in [0.25, 0.3) is 0 Å². The number of thiophene rings is 1. The molecule has 0 atom stereocenters. The molecule has 0 N–H and O–H groups in total. The molecule has 3 aromatic heterocycles. The molecule has 0 spiro atoms. The molecular formula is C54H32N2OS. The fourth-order valence-corrected chi connectivity index (χ4v) is 9.93. The van der Waals surface area contributed by atoms with Crippen LogP contribution in [0.1, 0.15) is 0 Å². The zero-order chi connectivity index (χ0) is 38.2. The molecule has 0 saturated heterocycles. The van der Waals surface area contributed by atoms with E-state index in [2.05, 4.69) is 188 Å². The Labute approximate surface area is 338 Å². The van der Waals surface area contributed by atoms with Crippen molar-refractivity contribution in [3.05, 3.63) is 194 Å². The Morgan fingerprint density at radius 1 is 0.397 bits per heavy atom. The van der Waals surface area contributed by atoms with Crippen molar-refractivity contribution in [2.45, 2.75) is 0 Å². The van der Waals surface area contributed by atoms with Crippen molar-refractivity contribution in [2.75, 3.05) is 0 Å². The lowest BCUT2D eigenvalue weighted by Gasteiger charge is -2.11. The molecule has 12 rings (SSSR count). The minimum Gasteiger partial charge on any atom is -0.436 e. The van der Waals surface area contributed by atoms with E-state index in [1.54, 1.807) is 0 Å². The predicted molar refractivity (Wildman–Crippen MR) is 244 cm³/mol. The molecule has 3 nitrogen and oxygen atoms in total. The number of nitrogens with zero attached hydrogens (tertiary/aromatic N) is 2. The molecule has 270 valence electrons. The molecule has 0 fully saturated rings. The van der Waals surface area contributed by atoms with Gasteiger partial charge < -0.3 is 4.42 Å². The van der Waals surface area contributed by atoms with E-state index in [0.717, 1.165) is 55.0 Å². The van der Waals surface area contributed by atoms with Crippen molar-refractivity contribution in [3.63, 3.8) is 0 Å². The fourth-order valence-electron chi connectivity index (χ4n) is 8.73. The van der Waals surface area contributed by atoms with Crippen LogP contribution in [0.25, 0.3) is 120 Å². The summed E-state index contributed by atoms with van der Waals surface area (Å²) in [4.78, 5) is 10.1. The molecule has 0 aliphatic heterocycles. The maximum Gasteiger partial charge on any atom is 0.246 e. The molecule has 3 heterocycles. The Kier molecular flexibility index (Phi) is 7.40. The first-order valence-corrected chi connectivity index (χ1v) is 20.4. The first-order chi connectivity index (χ1) is 28.7. The maximum atomic E-state index is 6.57. The molecule has 0 saturated carbocycles. The Morgan fingerprint density at radius 2 is 0.966 bits per heavy atom. The number of rotatable bonds is 5. The van der Waals surface area contributed by atoms with Crippen LogP contribution < -0.4 is 0 Å². The van der Waals surface area contributed by atoms with Crippen LogP contribution in [-0.4, -0.2) is 9.97 Å². The van der Waals surface area contributed by atoms with E-state index >= 15 is 0 Å². The molecule has 0 aliphatic carbocycles. The normalized spacial score (nSPS) is 11.8. The van der Waals surface area contributed by atoms with Crippen molar-refractivity contribution in [2.24, 2.45) is 0 Å². The van der Waals surface area contributed by atoms with Gasteiger partial charge in [-0.05, 0) is 91.5 Å². The topological polar surface area (TPSA) is 38.9 Å². The average Bonchev–Trinajstić information content (AvgIpc) is 3.88. The predicted octanol–water partition coefficient (Wildman–Crippen LogP) is 15.4. The third-order valence-corrected chi connectivity index (χ3v) is 12.7. The molecule has 12 aromatic rings. The average molecular weight is 757 g/mol. The summed E-state index contributed by atoms with van der Waals surface area (Å²) >= 11 is 1.87. The lowest BCUT2D eigenvalue weighted by molar-refractivity contribution is 0.657. The molecule has 58 heavy (non-hydrogen) atoms. The van der Waals surface area contributed by atoms with Crippen molar-refractivity contribution in [1.82, 2.24) is 9.97 Å². The smallest absolute Gasteiger partial charge is 0.246 e. The van der Waals surface area contributed by atoms with Gasteiger partial charge in [-0.1, -0.05) is 152 Å². The highest BCUT2D eigenvalue weighted by Gasteiger charge is 2.19. The van der Waals surface area contributed by atoms with Gasteiger partial charge in [0.15, 0.2) is 0 Å². The second kappa shape index (κ2) is 13.1. The van der Waals surface area contributed by atoms with E-state index < -0.39 is 0 Å². The van der Waals surface area contributed by atoms with Crippen LogP contribution in [0.5, 0.6) is 0 Å². The molecule has 0 unspecified atom stereocenters. The molecular weight excluding hydrogens is 725 g/mol. The summed E-state index contributed by atoms with van der Waals surface area (Å²) in [7, 11) is 0. The lowest BCUT2D eigenvalue weighted by Crippen LogP contribution is -1.88. The van der Waals surface area contributed by atoms with Gasteiger partial charge in [0, 0.05) is 36.7 Å². The van der Waals surface area contributed by atoms with E-state index in [9.17, 15) is 0 Å². The Hall–Kier alpha value is -7.40. The Bertz CT molecular complexity index is 3570. The minimum atomic E-state index is 0.544. The van der Waals surface area contributed by atoms with Crippen molar-refractivity contribution >= 4 is 75.3 Å². The maximum absolute atomic E-state index is 6.57. The van der Waals surface area contributed by atoms with Crippen molar-refractivity contribution in [3.8, 4) is 55.8 Å². The monoisotopic (exact) mass is 756 g/mol. The van der Waals surface area contributed by atoms with Gasteiger partial charge in [0.1, 0.15) is 11.1 Å². The Morgan fingerprint density at radius 3 is 1.72 bits per heavy atom. The van der Waals surface area contributed by atoms with Crippen LogP contribution >= 0.6 is 11.3 Å². The largest absolute Gasteiger partial charge is 0.436 e. The SMILES string of the molecule is c1ccc(-c2ccc3sc4c(-c5cccc(-c6cccc(-c7cnc8c(n7)oc7c9ccccc9c9ccccc9c87)c6)c5)cc(-c5ccccc5)cc4c3c2)cc1. The lowest BCUT2D eigenvalue weighted by atomic mass is 9.93. The highest BCUT2D eigenvalue weighted by Crippen LogP contribution is 2.45. The highest BCUT2D eigenvalue weighted by molar-refractivity contribution is 7.26. The molecule has 0 radical (unpaired) electrons. The second-order valence-corrected chi connectivity index (χ2v) is 16.0. The first kappa shape index (κ1) is 32.8. The second-order valence-electron chi connectivity index (χ2n) is 14.9. The van der Waals surface area contributed by atoms with E-state index in [0.29, 0.717) is 5.71 Å². The molecule has 4 heteroatoms. The highest BCUT2D eigenvalue weighted by atomic mass is 32.1. The van der Waals surface area contributed by atoms with Gasteiger partial charge in [-0.2, -0.15) is 0 Å². The van der Waals surface area contributed by atoms with Gasteiger partial charge in [-0.15, -0.1) is 11.3 Å². The number of fused-ring (bicyclic) bond motifs is 11. The van der Waals surface area contributed by atoms with Gasteiger partial charge in [0.05, 0.1) is 17.3 Å². The molecule has 0 aliphatic rings. The van der Waals surface area contributed by atoms with E-state index in [1.165, 1.54) is 58.9 Å². The number of hydrogen-bond donors (Lipinski definition) is 0. The molecule has 9 aromatic carbocycles. The zero-order valence-electron chi connectivity index (χ0n) is 31.2. The van der Waals surface area contributed by atoms with Crippen LogP contribution in [-0.2, 0) is 0 Å². The summed E-state index contributed by atoms with van der Waals surface area (Å²) in [6.07, 6.45) is 1.88. The van der Waals surface area contributed by atoms with Crippen LogP contribution in [0, 0.1) is 0 Å². The van der Waals surface area contributed by atoms with Gasteiger partial charge in [-0.3, -0.25) is 0 Å². The molecule has 0 amide bonds. The Balaban J connectivity index is 0.977. The van der Waals surface area contributed by atoms with E-state index in [4.69, 9.17) is 14.4 Å². The molecule has 0 bridgehead atoms. The van der Waals surface area contributed by atoms with Crippen LogP contribution in [0.2, 0.25) is 0 Å². The van der Waals surface area contributed by atoms with Gasteiger partial charge in [-0.25, -0.2) is 9.97 Å². The van der Waals surface area contributed by atoms with Crippen LogP contribution in [0.4, 0.5) is 0 Å². The number of furan rings is 1. The fraction of sp³-hybridized carbons (Fsp3) is 0. The van der Waals surface area contributed by atoms with Crippen molar-refractivity contribution < 1.29 is 4.42 Å². The summed E-state index contributed by atoms with van der Waals surface area (Å²) in [5.41, 5.74) is 13.5. The van der Waals surface area contributed by atoms with Crippen LogP contribution in [0.3, 0.4) is 0 Å². The van der Waals surface area contributed by atoms with E-state index in [1.807, 2.05) is 17.5 Å². The summed E-state index contributed by atoms with van der Waals surface area (Å²) in [5.74, 6) is 0. The van der Waals surface area contributed by atoms with Gasteiger partial charge >= 0.3 is 0 Å².